The molecule has 16 heavy (non-hydrogen) atoms. The first-order chi connectivity index (χ1) is 7.69. The highest BCUT2D eigenvalue weighted by molar-refractivity contribution is 5.79. The smallest absolute Gasteiger partial charge is 0.185 e. The predicted octanol–water partition coefficient (Wildman–Crippen LogP) is 1.57. The number of carbonyl (C=O) groups is 2. The SMILES string of the molecule is Cc1cc(CN2CCC(=O)CC2)c(C=O)o1. The molecule has 0 amide bonds. The number of piperidine rings is 1. The van der Waals surface area contributed by atoms with Crippen LogP contribution < -0.4 is 0 Å². The Bertz CT molecular complexity index is 398. The van der Waals surface area contributed by atoms with E-state index in [4.69, 9.17) is 4.42 Å². The Morgan fingerprint density at radius 1 is 1.44 bits per heavy atom. The maximum Gasteiger partial charge on any atom is 0.185 e. The van der Waals surface area contributed by atoms with Gasteiger partial charge in [-0.1, -0.05) is 0 Å². The molecule has 1 aliphatic rings. The second-order valence-corrected chi connectivity index (χ2v) is 4.18. The summed E-state index contributed by atoms with van der Waals surface area (Å²) in [5, 5.41) is 0. The van der Waals surface area contributed by atoms with Crippen LogP contribution in [0, 0.1) is 6.92 Å². The van der Waals surface area contributed by atoms with Crippen LogP contribution >= 0.6 is 0 Å². The molecule has 1 aromatic rings. The zero-order valence-corrected chi connectivity index (χ0v) is 9.36. The lowest BCUT2D eigenvalue weighted by atomic mass is 10.1. The minimum absolute atomic E-state index is 0.329. The maximum absolute atomic E-state index is 11.1. The summed E-state index contributed by atoms with van der Waals surface area (Å²) in [5.74, 6) is 1.50. The average molecular weight is 221 g/mol. The van der Waals surface area contributed by atoms with Crippen LogP contribution in [0.25, 0.3) is 0 Å². The van der Waals surface area contributed by atoms with Crippen LogP contribution in [-0.4, -0.2) is 30.1 Å². The molecule has 0 radical (unpaired) electrons. The molecule has 4 heteroatoms. The highest BCUT2D eigenvalue weighted by Gasteiger charge is 2.18. The third kappa shape index (κ3) is 2.39. The maximum atomic E-state index is 11.1. The highest BCUT2D eigenvalue weighted by atomic mass is 16.3. The standard InChI is InChI=1S/C12H15NO3/c1-9-6-10(12(8-14)16-9)7-13-4-2-11(15)3-5-13/h6,8H,2-5,7H2,1H3. The molecule has 0 saturated carbocycles. The van der Waals surface area contributed by atoms with Crippen molar-refractivity contribution in [2.75, 3.05) is 13.1 Å². The number of furan rings is 1. The molecule has 4 nitrogen and oxygen atoms in total. The summed E-state index contributed by atoms with van der Waals surface area (Å²) in [6, 6.07) is 1.89. The molecule has 86 valence electrons. The lowest BCUT2D eigenvalue weighted by Gasteiger charge is -2.25. The molecular weight excluding hydrogens is 206 g/mol. The number of carbonyl (C=O) groups excluding carboxylic acids is 2. The number of nitrogens with zero attached hydrogens (tertiary/aromatic N) is 1. The number of Topliss-reactive ketones (excluding diaryl/α,β-unsaturated/α-hetero) is 1. The van der Waals surface area contributed by atoms with Gasteiger partial charge in [-0.15, -0.1) is 0 Å². The van der Waals surface area contributed by atoms with E-state index in [2.05, 4.69) is 4.90 Å². The van der Waals surface area contributed by atoms with Crippen LogP contribution in [0.5, 0.6) is 0 Å². The summed E-state index contributed by atoms with van der Waals surface area (Å²) in [6.45, 7) is 4.08. The minimum Gasteiger partial charge on any atom is -0.458 e. The van der Waals surface area contributed by atoms with Gasteiger partial charge < -0.3 is 4.42 Å². The van der Waals surface area contributed by atoms with Gasteiger partial charge in [0.15, 0.2) is 12.0 Å². The van der Waals surface area contributed by atoms with Gasteiger partial charge in [0.2, 0.25) is 0 Å². The van der Waals surface area contributed by atoms with Crippen molar-refractivity contribution in [2.24, 2.45) is 0 Å². The average Bonchev–Trinajstić information content (AvgIpc) is 2.62. The number of hydrogen-bond donors (Lipinski definition) is 0. The Morgan fingerprint density at radius 3 is 2.75 bits per heavy atom. The summed E-state index contributed by atoms with van der Waals surface area (Å²) in [4.78, 5) is 24.0. The molecule has 0 bridgehead atoms. The quantitative estimate of drug-likeness (QED) is 0.727. The van der Waals surface area contributed by atoms with E-state index in [0.717, 1.165) is 30.7 Å². The second-order valence-electron chi connectivity index (χ2n) is 4.18. The molecule has 0 aromatic carbocycles. The van der Waals surface area contributed by atoms with E-state index in [1.807, 2.05) is 13.0 Å². The van der Waals surface area contributed by atoms with Gasteiger partial charge in [0.1, 0.15) is 11.5 Å². The Hall–Kier alpha value is -1.42. The van der Waals surface area contributed by atoms with Crippen molar-refractivity contribution in [3.8, 4) is 0 Å². The third-order valence-corrected chi connectivity index (χ3v) is 2.88. The zero-order chi connectivity index (χ0) is 11.5. The van der Waals surface area contributed by atoms with Crippen LogP contribution in [0.3, 0.4) is 0 Å². The Balaban J connectivity index is 2.03. The first kappa shape index (κ1) is 11.1. The van der Waals surface area contributed by atoms with E-state index < -0.39 is 0 Å². The van der Waals surface area contributed by atoms with Crippen molar-refractivity contribution in [3.63, 3.8) is 0 Å². The van der Waals surface area contributed by atoms with Crippen molar-refractivity contribution in [2.45, 2.75) is 26.3 Å². The van der Waals surface area contributed by atoms with E-state index in [-0.39, 0.29) is 0 Å². The largest absolute Gasteiger partial charge is 0.458 e. The van der Waals surface area contributed by atoms with E-state index in [0.29, 0.717) is 30.9 Å². The fraction of sp³-hybridized carbons (Fsp3) is 0.500. The Labute approximate surface area is 94.2 Å². The first-order valence-corrected chi connectivity index (χ1v) is 5.47. The van der Waals surface area contributed by atoms with E-state index >= 15 is 0 Å². The molecule has 0 aliphatic carbocycles. The van der Waals surface area contributed by atoms with Crippen LogP contribution in [0.1, 0.15) is 34.7 Å². The van der Waals surface area contributed by atoms with Crippen molar-refractivity contribution in [1.82, 2.24) is 4.90 Å². The summed E-state index contributed by atoms with van der Waals surface area (Å²) < 4.78 is 5.26. The minimum atomic E-state index is 0.329. The van der Waals surface area contributed by atoms with Crippen LogP contribution in [-0.2, 0) is 11.3 Å². The lowest BCUT2D eigenvalue weighted by molar-refractivity contribution is -0.121. The molecule has 2 heterocycles. The summed E-state index contributed by atoms with van der Waals surface area (Å²) in [5.41, 5.74) is 0.918. The van der Waals surface area contributed by atoms with Crippen molar-refractivity contribution < 1.29 is 14.0 Å². The number of aryl methyl sites for hydroxylation is 1. The molecule has 0 N–H and O–H groups in total. The molecule has 1 aromatic heterocycles. The van der Waals surface area contributed by atoms with Gasteiger partial charge in [0.05, 0.1) is 0 Å². The van der Waals surface area contributed by atoms with E-state index in [9.17, 15) is 9.59 Å². The number of aldehydes is 1. The molecule has 0 spiro atoms. The van der Waals surface area contributed by atoms with Crippen LogP contribution in [0.2, 0.25) is 0 Å². The van der Waals surface area contributed by atoms with Crippen LogP contribution in [0.15, 0.2) is 10.5 Å². The second kappa shape index (κ2) is 4.61. The zero-order valence-electron chi connectivity index (χ0n) is 9.36. The van der Waals surface area contributed by atoms with Gasteiger partial charge in [0.25, 0.3) is 0 Å². The van der Waals surface area contributed by atoms with Crippen molar-refractivity contribution in [3.05, 3.63) is 23.2 Å². The highest BCUT2D eigenvalue weighted by Crippen LogP contribution is 2.17. The molecule has 1 aliphatic heterocycles. The molecule has 0 unspecified atom stereocenters. The fourth-order valence-corrected chi connectivity index (χ4v) is 2.01. The Kier molecular flexibility index (Phi) is 3.19. The summed E-state index contributed by atoms with van der Waals surface area (Å²) in [6.07, 6.45) is 1.98. The molecular formula is C12H15NO3. The normalized spacial score (nSPS) is 17.7. The van der Waals surface area contributed by atoms with Gasteiger partial charge in [0, 0.05) is 38.0 Å². The van der Waals surface area contributed by atoms with Gasteiger partial charge >= 0.3 is 0 Å². The van der Waals surface area contributed by atoms with E-state index in [1.54, 1.807) is 0 Å². The van der Waals surface area contributed by atoms with E-state index in [1.165, 1.54) is 0 Å². The first-order valence-electron chi connectivity index (χ1n) is 5.47. The van der Waals surface area contributed by atoms with Crippen molar-refractivity contribution >= 4 is 12.1 Å². The van der Waals surface area contributed by atoms with Crippen molar-refractivity contribution in [1.29, 1.82) is 0 Å². The number of likely N-dealkylation sites (tertiary alicyclic amines) is 1. The van der Waals surface area contributed by atoms with Gasteiger partial charge in [-0.25, -0.2) is 0 Å². The number of ketones is 1. The topological polar surface area (TPSA) is 50.5 Å². The summed E-state index contributed by atoms with van der Waals surface area (Å²) in [7, 11) is 0. The third-order valence-electron chi connectivity index (χ3n) is 2.88. The van der Waals surface area contributed by atoms with Gasteiger partial charge in [-0.05, 0) is 13.0 Å². The number of hydrogen-bond acceptors (Lipinski definition) is 4. The number of rotatable bonds is 3. The van der Waals surface area contributed by atoms with Gasteiger partial charge in [-0.3, -0.25) is 14.5 Å². The monoisotopic (exact) mass is 221 g/mol. The Morgan fingerprint density at radius 2 is 2.12 bits per heavy atom. The molecule has 1 saturated heterocycles. The summed E-state index contributed by atoms with van der Waals surface area (Å²) >= 11 is 0. The molecule has 2 rings (SSSR count). The lowest BCUT2D eigenvalue weighted by Crippen LogP contribution is -2.33. The fourth-order valence-electron chi connectivity index (χ4n) is 2.01. The van der Waals surface area contributed by atoms with Gasteiger partial charge in [-0.2, -0.15) is 0 Å². The van der Waals surface area contributed by atoms with Crippen LogP contribution in [0.4, 0.5) is 0 Å². The molecule has 1 fully saturated rings. The molecule has 0 atom stereocenters. The predicted molar refractivity (Wildman–Crippen MR) is 58.4 cm³/mol.